The van der Waals surface area contributed by atoms with Gasteiger partial charge in [0.05, 0.1) is 25.6 Å². The molecule has 0 spiro atoms. The maximum Gasteiger partial charge on any atom is 0.350 e. The number of amides is 1. The highest BCUT2D eigenvalue weighted by molar-refractivity contribution is 7.88. The molecule has 2 heterocycles. The number of hydrogen-bond donors (Lipinski definition) is 1. The number of esters is 1. The first-order chi connectivity index (χ1) is 11.3. The number of carbonyl (C=O) groups is 2. The number of carbonyl (C=O) groups excluding carboxylic acids is 2. The molecule has 1 aromatic rings. The van der Waals surface area contributed by atoms with Crippen molar-refractivity contribution in [1.82, 2.24) is 9.21 Å². The first-order valence-corrected chi connectivity index (χ1v) is 10.2. The third-order valence-corrected chi connectivity index (χ3v) is 5.89. The Bertz CT molecular complexity index is 701. The molecule has 2 rings (SSSR count). The van der Waals surface area contributed by atoms with E-state index in [1.54, 1.807) is 11.4 Å². The minimum absolute atomic E-state index is 0.147. The summed E-state index contributed by atoms with van der Waals surface area (Å²) in [6.45, 7) is 2.13. The lowest BCUT2D eigenvalue weighted by Crippen LogP contribution is -2.37. The molecule has 10 heteroatoms. The van der Waals surface area contributed by atoms with Crippen LogP contribution in [0.2, 0.25) is 0 Å². The predicted octanol–water partition coefficient (Wildman–Crippen LogP) is 0.441. The van der Waals surface area contributed by atoms with Crippen LogP contribution in [0.15, 0.2) is 11.4 Å². The molecule has 1 N–H and O–H groups in total. The van der Waals surface area contributed by atoms with Gasteiger partial charge in [-0.3, -0.25) is 9.69 Å². The second-order valence-corrected chi connectivity index (χ2v) is 8.39. The molecule has 8 nitrogen and oxygen atoms in total. The van der Waals surface area contributed by atoms with Crippen molar-refractivity contribution in [3.05, 3.63) is 16.3 Å². The molecular formula is C14H21N3O5S2. The molecule has 0 saturated carbocycles. The van der Waals surface area contributed by atoms with Gasteiger partial charge in [-0.1, -0.05) is 0 Å². The maximum absolute atomic E-state index is 12.2. The van der Waals surface area contributed by atoms with Crippen LogP contribution in [0.25, 0.3) is 0 Å². The summed E-state index contributed by atoms with van der Waals surface area (Å²) in [7, 11) is -1.91. The number of thiophene rings is 1. The molecule has 0 bridgehead atoms. The summed E-state index contributed by atoms with van der Waals surface area (Å²) in [4.78, 5) is 26.1. The molecule has 0 unspecified atom stereocenters. The number of rotatable bonds is 5. The number of ether oxygens (including phenoxy) is 1. The molecular weight excluding hydrogens is 354 g/mol. The fraction of sp³-hybridized carbons (Fsp3) is 0.571. The van der Waals surface area contributed by atoms with Gasteiger partial charge in [-0.15, -0.1) is 11.3 Å². The lowest BCUT2D eigenvalue weighted by molar-refractivity contribution is -0.117. The van der Waals surface area contributed by atoms with Gasteiger partial charge < -0.3 is 10.1 Å². The summed E-state index contributed by atoms with van der Waals surface area (Å²) >= 11 is 1.20. The summed E-state index contributed by atoms with van der Waals surface area (Å²) in [5, 5.41) is 4.42. The largest absolute Gasteiger partial charge is 0.465 e. The van der Waals surface area contributed by atoms with E-state index in [1.165, 1.54) is 29.0 Å². The zero-order valence-corrected chi connectivity index (χ0v) is 15.3. The van der Waals surface area contributed by atoms with Crippen molar-refractivity contribution in [3.63, 3.8) is 0 Å². The summed E-state index contributed by atoms with van der Waals surface area (Å²) in [5.74, 6) is -0.731. The fourth-order valence-corrected chi connectivity index (χ4v) is 4.13. The van der Waals surface area contributed by atoms with Gasteiger partial charge in [0, 0.05) is 19.6 Å². The van der Waals surface area contributed by atoms with Crippen molar-refractivity contribution in [3.8, 4) is 0 Å². The minimum atomic E-state index is -3.20. The Hall–Kier alpha value is -1.49. The second-order valence-electron chi connectivity index (χ2n) is 5.49. The Morgan fingerprint density at radius 3 is 2.71 bits per heavy atom. The van der Waals surface area contributed by atoms with Crippen molar-refractivity contribution < 1.29 is 22.7 Å². The van der Waals surface area contributed by atoms with Gasteiger partial charge in [0.1, 0.15) is 4.88 Å². The molecule has 0 radical (unpaired) electrons. The molecule has 1 fully saturated rings. The van der Waals surface area contributed by atoms with Gasteiger partial charge in [-0.05, 0) is 24.4 Å². The normalized spacial score (nSPS) is 17.2. The highest BCUT2D eigenvalue weighted by atomic mass is 32.2. The highest BCUT2D eigenvalue weighted by Gasteiger charge is 2.23. The van der Waals surface area contributed by atoms with E-state index in [4.69, 9.17) is 0 Å². The van der Waals surface area contributed by atoms with Gasteiger partial charge in [-0.2, -0.15) is 0 Å². The van der Waals surface area contributed by atoms with E-state index in [0.29, 0.717) is 43.2 Å². The van der Waals surface area contributed by atoms with E-state index in [1.807, 2.05) is 4.90 Å². The van der Waals surface area contributed by atoms with Crippen molar-refractivity contribution in [2.45, 2.75) is 6.42 Å². The van der Waals surface area contributed by atoms with Gasteiger partial charge in [0.15, 0.2) is 0 Å². The first-order valence-electron chi connectivity index (χ1n) is 7.44. The predicted molar refractivity (Wildman–Crippen MR) is 91.8 cm³/mol. The van der Waals surface area contributed by atoms with E-state index in [2.05, 4.69) is 10.1 Å². The zero-order valence-electron chi connectivity index (χ0n) is 13.6. The summed E-state index contributed by atoms with van der Waals surface area (Å²) in [5.41, 5.74) is 0.435. The van der Waals surface area contributed by atoms with Crippen LogP contribution in [0.4, 0.5) is 5.69 Å². The van der Waals surface area contributed by atoms with Gasteiger partial charge in [0.25, 0.3) is 0 Å². The number of sulfonamides is 1. The Labute approximate surface area is 145 Å². The van der Waals surface area contributed by atoms with Gasteiger partial charge >= 0.3 is 5.97 Å². The van der Waals surface area contributed by atoms with Crippen LogP contribution in [0.5, 0.6) is 0 Å². The quantitative estimate of drug-likeness (QED) is 0.751. The molecule has 0 atom stereocenters. The van der Waals surface area contributed by atoms with Crippen molar-refractivity contribution in [2.75, 3.05) is 51.4 Å². The Morgan fingerprint density at radius 2 is 2.04 bits per heavy atom. The molecule has 24 heavy (non-hydrogen) atoms. The molecule has 134 valence electrons. The molecule has 1 aliphatic heterocycles. The second kappa shape index (κ2) is 8.06. The summed E-state index contributed by atoms with van der Waals surface area (Å²) in [6.07, 6.45) is 1.87. The van der Waals surface area contributed by atoms with Crippen LogP contribution in [-0.4, -0.2) is 75.6 Å². The van der Waals surface area contributed by atoms with E-state index in [0.717, 1.165) is 0 Å². The number of methoxy groups -OCH3 is 1. The van der Waals surface area contributed by atoms with E-state index in [-0.39, 0.29) is 12.5 Å². The van der Waals surface area contributed by atoms with Crippen molar-refractivity contribution in [2.24, 2.45) is 0 Å². The van der Waals surface area contributed by atoms with E-state index in [9.17, 15) is 18.0 Å². The average molecular weight is 375 g/mol. The highest BCUT2D eigenvalue weighted by Crippen LogP contribution is 2.23. The molecule has 1 aromatic heterocycles. The lowest BCUT2D eigenvalue weighted by atomic mass is 10.3. The Kier molecular flexibility index (Phi) is 6.33. The SMILES string of the molecule is COC(=O)c1sccc1NC(=O)CN1CCCN(S(C)(=O)=O)CC1. The first kappa shape index (κ1) is 18.8. The molecule has 1 amide bonds. The topological polar surface area (TPSA) is 96.0 Å². The van der Waals surface area contributed by atoms with Crippen LogP contribution < -0.4 is 5.32 Å². The summed E-state index contributed by atoms with van der Waals surface area (Å²) in [6, 6.07) is 1.66. The Balaban J connectivity index is 1.91. The monoisotopic (exact) mass is 375 g/mol. The van der Waals surface area contributed by atoms with Crippen LogP contribution >= 0.6 is 11.3 Å². The van der Waals surface area contributed by atoms with E-state index >= 15 is 0 Å². The minimum Gasteiger partial charge on any atom is -0.465 e. The lowest BCUT2D eigenvalue weighted by Gasteiger charge is -2.20. The van der Waals surface area contributed by atoms with Crippen LogP contribution in [-0.2, 0) is 19.6 Å². The number of nitrogens with zero attached hydrogens (tertiary/aromatic N) is 2. The van der Waals surface area contributed by atoms with Crippen molar-refractivity contribution >= 4 is 38.9 Å². The zero-order chi connectivity index (χ0) is 17.7. The average Bonchev–Trinajstić information content (AvgIpc) is 2.82. The molecule has 0 aliphatic carbocycles. The summed E-state index contributed by atoms with van der Waals surface area (Å²) < 4.78 is 29.3. The number of hydrogen-bond acceptors (Lipinski definition) is 7. The molecule has 0 aromatic carbocycles. The number of anilines is 1. The molecule has 1 saturated heterocycles. The van der Waals surface area contributed by atoms with Crippen LogP contribution in [0.1, 0.15) is 16.1 Å². The van der Waals surface area contributed by atoms with Gasteiger partial charge in [-0.25, -0.2) is 17.5 Å². The van der Waals surface area contributed by atoms with Crippen molar-refractivity contribution in [1.29, 1.82) is 0 Å². The third-order valence-electron chi connectivity index (χ3n) is 3.69. The van der Waals surface area contributed by atoms with Gasteiger partial charge in [0.2, 0.25) is 15.9 Å². The molecule has 1 aliphatic rings. The van der Waals surface area contributed by atoms with E-state index < -0.39 is 16.0 Å². The number of nitrogens with one attached hydrogen (secondary N) is 1. The van der Waals surface area contributed by atoms with Crippen LogP contribution in [0, 0.1) is 0 Å². The Morgan fingerprint density at radius 1 is 1.29 bits per heavy atom. The maximum atomic E-state index is 12.2. The fourth-order valence-electron chi connectivity index (χ4n) is 2.49. The third kappa shape index (κ3) is 5.00. The van der Waals surface area contributed by atoms with Crippen LogP contribution in [0.3, 0.4) is 0 Å². The standard InChI is InChI=1S/C14H21N3O5S2/c1-22-14(19)13-11(4-9-23-13)15-12(18)10-16-5-3-6-17(8-7-16)24(2,20)21/h4,9H,3,5-8,10H2,1-2H3,(H,15,18). The smallest absolute Gasteiger partial charge is 0.350 e.